The highest BCUT2D eigenvalue weighted by Gasteiger charge is 2.41. The van der Waals surface area contributed by atoms with E-state index in [1.165, 1.54) is 22.5 Å². The van der Waals surface area contributed by atoms with Gasteiger partial charge in [-0.3, -0.25) is 4.79 Å². The van der Waals surface area contributed by atoms with Crippen molar-refractivity contribution in [2.75, 3.05) is 36.5 Å². The van der Waals surface area contributed by atoms with Crippen LogP contribution in [0, 0.1) is 12.8 Å². The number of ether oxygens (including phenoxy) is 1. The third kappa shape index (κ3) is 4.40. The van der Waals surface area contributed by atoms with E-state index in [2.05, 4.69) is 70.6 Å². The summed E-state index contributed by atoms with van der Waals surface area (Å²) in [4.78, 5) is 18.3. The van der Waals surface area contributed by atoms with Crippen molar-refractivity contribution < 1.29 is 9.53 Å². The number of amides is 1. The van der Waals surface area contributed by atoms with Gasteiger partial charge in [-0.25, -0.2) is 0 Å². The highest BCUT2D eigenvalue weighted by Crippen LogP contribution is 2.39. The van der Waals surface area contributed by atoms with Crippen LogP contribution < -0.4 is 19.9 Å². The number of aryl methyl sites for hydroxylation is 1. The Kier molecular flexibility index (Phi) is 5.95. The Balaban J connectivity index is 1.42. The first-order valence-electron chi connectivity index (χ1n) is 11.7. The number of hydrogen-bond acceptors (Lipinski definition) is 4. The largest absolute Gasteiger partial charge is 0.497 e. The number of methoxy groups -OCH3 is 1. The highest BCUT2D eigenvalue weighted by molar-refractivity contribution is 5.82. The number of rotatable bonds is 5. The van der Waals surface area contributed by atoms with Crippen molar-refractivity contribution in [1.82, 2.24) is 5.32 Å². The predicted octanol–water partition coefficient (Wildman–Crippen LogP) is 4.19. The van der Waals surface area contributed by atoms with Crippen LogP contribution in [0.25, 0.3) is 0 Å². The molecule has 33 heavy (non-hydrogen) atoms. The fourth-order valence-electron chi connectivity index (χ4n) is 5.11. The van der Waals surface area contributed by atoms with Gasteiger partial charge in [0.1, 0.15) is 5.75 Å². The van der Waals surface area contributed by atoms with Crippen LogP contribution in [0.1, 0.15) is 16.7 Å². The maximum atomic E-state index is 13.5. The second kappa shape index (κ2) is 9.18. The Bertz CT molecular complexity index is 1110. The minimum atomic E-state index is -0.108. The molecule has 2 atom stereocenters. The number of nitrogens with one attached hydrogen (secondary N) is 1. The van der Waals surface area contributed by atoms with Crippen molar-refractivity contribution in [1.29, 1.82) is 0 Å². The summed E-state index contributed by atoms with van der Waals surface area (Å²) in [6.45, 7) is 5.29. The molecule has 0 spiro atoms. The number of piperazine rings is 1. The average molecular weight is 442 g/mol. The molecule has 1 fully saturated rings. The van der Waals surface area contributed by atoms with Gasteiger partial charge < -0.3 is 19.9 Å². The van der Waals surface area contributed by atoms with Gasteiger partial charge in [0.05, 0.1) is 19.1 Å². The number of carbonyl (C=O) groups excluding carboxylic acids is 1. The molecule has 2 aliphatic rings. The summed E-state index contributed by atoms with van der Waals surface area (Å²) in [6, 6.07) is 25.2. The molecule has 2 heterocycles. The molecule has 3 aromatic carbocycles. The molecule has 0 radical (unpaired) electrons. The molecule has 1 saturated heterocycles. The fraction of sp³-hybridized carbons (Fsp3) is 0.321. The monoisotopic (exact) mass is 441 g/mol. The molecule has 5 rings (SSSR count). The van der Waals surface area contributed by atoms with Gasteiger partial charge in [0, 0.05) is 43.6 Å². The van der Waals surface area contributed by atoms with Crippen LogP contribution in [0.3, 0.4) is 0 Å². The van der Waals surface area contributed by atoms with Crippen LogP contribution >= 0.6 is 0 Å². The second-order valence-corrected chi connectivity index (χ2v) is 9.05. The van der Waals surface area contributed by atoms with Gasteiger partial charge in [0.25, 0.3) is 0 Å². The summed E-state index contributed by atoms with van der Waals surface area (Å²) in [5.74, 6) is 0.879. The first kappa shape index (κ1) is 21.4. The number of nitrogens with zero attached hydrogens (tertiary/aromatic N) is 2. The van der Waals surface area contributed by atoms with Gasteiger partial charge in [-0.05, 0) is 42.7 Å². The predicted molar refractivity (Wildman–Crippen MR) is 133 cm³/mol. The SMILES string of the molecule is COc1ccc2c(c1)N1CCN(c3ccc(C)cc3)C[C@H]1[C@@H](C(=O)NCc1ccccc1)C2. The summed E-state index contributed by atoms with van der Waals surface area (Å²) in [7, 11) is 1.71. The van der Waals surface area contributed by atoms with Crippen molar-refractivity contribution in [3.8, 4) is 5.75 Å². The van der Waals surface area contributed by atoms with E-state index in [1.807, 2.05) is 24.3 Å². The molecule has 0 bridgehead atoms. The molecule has 0 unspecified atom stereocenters. The Morgan fingerprint density at radius 3 is 2.58 bits per heavy atom. The van der Waals surface area contributed by atoms with Crippen LogP contribution in [-0.2, 0) is 17.8 Å². The highest BCUT2D eigenvalue weighted by atomic mass is 16.5. The third-order valence-electron chi connectivity index (χ3n) is 6.97. The molecule has 0 saturated carbocycles. The Morgan fingerprint density at radius 2 is 1.82 bits per heavy atom. The quantitative estimate of drug-likeness (QED) is 0.645. The molecular formula is C28H31N3O2. The van der Waals surface area contributed by atoms with E-state index in [1.54, 1.807) is 7.11 Å². The van der Waals surface area contributed by atoms with Gasteiger partial charge in [-0.15, -0.1) is 0 Å². The lowest BCUT2D eigenvalue weighted by Gasteiger charge is -2.49. The van der Waals surface area contributed by atoms with E-state index in [0.717, 1.165) is 37.4 Å². The minimum absolute atomic E-state index is 0.107. The third-order valence-corrected chi connectivity index (χ3v) is 6.97. The molecule has 5 heteroatoms. The molecule has 170 valence electrons. The summed E-state index contributed by atoms with van der Waals surface area (Å²) < 4.78 is 5.51. The van der Waals surface area contributed by atoms with E-state index >= 15 is 0 Å². The molecule has 5 nitrogen and oxygen atoms in total. The Labute approximate surface area is 196 Å². The summed E-state index contributed by atoms with van der Waals surface area (Å²) in [5.41, 5.74) is 6.02. The van der Waals surface area contributed by atoms with E-state index < -0.39 is 0 Å². The number of hydrogen-bond donors (Lipinski definition) is 1. The maximum Gasteiger partial charge on any atom is 0.225 e. The molecular weight excluding hydrogens is 410 g/mol. The standard InChI is InChI=1S/C28H31N3O2/c1-20-8-11-23(12-9-20)30-14-15-31-26-17-24(33-2)13-10-22(26)16-25(27(31)19-30)28(32)29-18-21-6-4-3-5-7-21/h3-13,17,25,27H,14-16,18-19H2,1-2H3,(H,29,32)/t25-,27-/m0/s1. The molecule has 1 amide bonds. The van der Waals surface area contributed by atoms with Crippen LogP contribution in [0.5, 0.6) is 5.75 Å². The second-order valence-electron chi connectivity index (χ2n) is 9.05. The fourth-order valence-corrected chi connectivity index (χ4v) is 5.11. The smallest absolute Gasteiger partial charge is 0.225 e. The average Bonchev–Trinajstić information content (AvgIpc) is 2.87. The van der Waals surface area contributed by atoms with Crippen molar-refractivity contribution in [3.63, 3.8) is 0 Å². The van der Waals surface area contributed by atoms with Crippen LogP contribution in [0.4, 0.5) is 11.4 Å². The summed E-state index contributed by atoms with van der Waals surface area (Å²) >= 11 is 0. The van der Waals surface area contributed by atoms with Gasteiger partial charge in [-0.1, -0.05) is 54.1 Å². The first-order valence-corrected chi connectivity index (χ1v) is 11.7. The van der Waals surface area contributed by atoms with E-state index in [0.29, 0.717) is 6.54 Å². The molecule has 3 aromatic rings. The summed E-state index contributed by atoms with van der Waals surface area (Å²) in [5, 5.41) is 3.21. The number of benzene rings is 3. The van der Waals surface area contributed by atoms with Crippen molar-refractivity contribution >= 4 is 17.3 Å². The zero-order chi connectivity index (χ0) is 22.8. The lowest BCUT2D eigenvalue weighted by atomic mass is 9.83. The maximum absolute atomic E-state index is 13.5. The van der Waals surface area contributed by atoms with E-state index in [4.69, 9.17) is 4.74 Å². The lowest BCUT2D eigenvalue weighted by Crippen LogP contribution is -2.61. The van der Waals surface area contributed by atoms with E-state index in [9.17, 15) is 4.79 Å². The molecule has 0 aromatic heterocycles. The Hall–Kier alpha value is -3.47. The van der Waals surface area contributed by atoms with Crippen molar-refractivity contribution in [3.05, 3.63) is 89.5 Å². The summed E-state index contributed by atoms with van der Waals surface area (Å²) in [6.07, 6.45) is 0.739. The van der Waals surface area contributed by atoms with Crippen LogP contribution in [0.15, 0.2) is 72.8 Å². The zero-order valence-corrected chi connectivity index (χ0v) is 19.3. The van der Waals surface area contributed by atoms with Gasteiger partial charge in [0.15, 0.2) is 0 Å². The van der Waals surface area contributed by atoms with Crippen LogP contribution in [-0.4, -0.2) is 38.7 Å². The van der Waals surface area contributed by atoms with Crippen molar-refractivity contribution in [2.45, 2.75) is 25.9 Å². The topological polar surface area (TPSA) is 44.8 Å². The minimum Gasteiger partial charge on any atom is -0.497 e. The van der Waals surface area contributed by atoms with Crippen LogP contribution in [0.2, 0.25) is 0 Å². The van der Waals surface area contributed by atoms with Gasteiger partial charge in [0.2, 0.25) is 5.91 Å². The normalized spacial score (nSPS) is 19.5. The zero-order valence-electron chi connectivity index (χ0n) is 19.3. The lowest BCUT2D eigenvalue weighted by molar-refractivity contribution is -0.126. The van der Waals surface area contributed by atoms with E-state index in [-0.39, 0.29) is 17.9 Å². The van der Waals surface area contributed by atoms with Gasteiger partial charge >= 0.3 is 0 Å². The number of carbonyl (C=O) groups is 1. The molecule has 2 aliphatic heterocycles. The number of anilines is 2. The van der Waals surface area contributed by atoms with Crippen molar-refractivity contribution in [2.24, 2.45) is 5.92 Å². The Morgan fingerprint density at radius 1 is 1.03 bits per heavy atom. The molecule has 1 N–H and O–H groups in total. The molecule has 0 aliphatic carbocycles. The first-order chi connectivity index (χ1) is 16.1. The number of fused-ring (bicyclic) bond motifs is 3. The van der Waals surface area contributed by atoms with Gasteiger partial charge in [-0.2, -0.15) is 0 Å².